The highest BCUT2D eigenvalue weighted by molar-refractivity contribution is 5.71. The van der Waals surface area contributed by atoms with Crippen LogP contribution in [0, 0.1) is 11.3 Å². The molecule has 1 fully saturated rings. The molecule has 21 heavy (non-hydrogen) atoms. The fraction of sp³-hybridized carbons (Fsp3) is 0.588. The first-order valence-electron chi connectivity index (χ1n) is 7.59. The van der Waals surface area contributed by atoms with E-state index in [9.17, 15) is 9.90 Å². The third-order valence-corrected chi connectivity index (χ3v) is 4.70. The number of carboxylic acid groups (broad SMARTS) is 1. The summed E-state index contributed by atoms with van der Waals surface area (Å²) in [5, 5.41) is 9.52. The molecule has 1 heterocycles. The molecule has 0 spiro atoms. The molecule has 0 saturated heterocycles. The molecule has 2 aliphatic rings. The summed E-state index contributed by atoms with van der Waals surface area (Å²) in [6, 6.07) is 5.87. The van der Waals surface area contributed by atoms with E-state index in [0.29, 0.717) is 13.2 Å². The van der Waals surface area contributed by atoms with E-state index < -0.39 is 5.97 Å². The van der Waals surface area contributed by atoms with Crippen LogP contribution in [0.1, 0.15) is 44.6 Å². The Morgan fingerprint density at radius 1 is 1.24 bits per heavy atom. The molecule has 1 aliphatic carbocycles. The van der Waals surface area contributed by atoms with Crippen molar-refractivity contribution in [3.05, 3.63) is 23.8 Å². The second kappa shape index (κ2) is 5.24. The lowest BCUT2D eigenvalue weighted by Crippen LogP contribution is -2.33. The lowest BCUT2D eigenvalue weighted by atomic mass is 9.65. The van der Waals surface area contributed by atoms with E-state index in [4.69, 9.17) is 9.47 Å². The quantitative estimate of drug-likeness (QED) is 0.906. The second-order valence-electron chi connectivity index (χ2n) is 6.86. The van der Waals surface area contributed by atoms with Crippen molar-refractivity contribution in [2.45, 2.75) is 39.0 Å². The average Bonchev–Trinajstić information content (AvgIpc) is 2.45. The normalized spacial score (nSPS) is 27.1. The Morgan fingerprint density at radius 3 is 2.67 bits per heavy atom. The van der Waals surface area contributed by atoms with E-state index in [1.165, 1.54) is 0 Å². The van der Waals surface area contributed by atoms with E-state index in [1.807, 2.05) is 18.2 Å². The molecule has 0 amide bonds. The van der Waals surface area contributed by atoms with Gasteiger partial charge in [-0.1, -0.05) is 19.9 Å². The van der Waals surface area contributed by atoms with Gasteiger partial charge in [-0.2, -0.15) is 0 Å². The van der Waals surface area contributed by atoms with Crippen molar-refractivity contribution in [1.29, 1.82) is 0 Å². The molecule has 3 rings (SSSR count). The van der Waals surface area contributed by atoms with Crippen molar-refractivity contribution in [1.82, 2.24) is 0 Å². The van der Waals surface area contributed by atoms with E-state index >= 15 is 0 Å². The van der Waals surface area contributed by atoms with Crippen LogP contribution in [0.5, 0.6) is 11.5 Å². The van der Waals surface area contributed by atoms with Crippen molar-refractivity contribution in [2.24, 2.45) is 11.3 Å². The summed E-state index contributed by atoms with van der Waals surface area (Å²) >= 11 is 0. The monoisotopic (exact) mass is 290 g/mol. The van der Waals surface area contributed by atoms with Gasteiger partial charge in [0.15, 0.2) is 11.5 Å². The fourth-order valence-electron chi connectivity index (χ4n) is 3.52. The van der Waals surface area contributed by atoms with Gasteiger partial charge in [0.05, 0.1) is 5.92 Å². The Morgan fingerprint density at radius 2 is 1.95 bits per heavy atom. The van der Waals surface area contributed by atoms with Gasteiger partial charge in [0, 0.05) is 0 Å². The van der Waals surface area contributed by atoms with Gasteiger partial charge in [0.2, 0.25) is 0 Å². The van der Waals surface area contributed by atoms with E-state index in [1.54, 1.807) is 0 Å². The number of hydrogen-bond acceptors (Lipinski definition) is 3. The zero-order chi connectivity index (χ0) is 15.0. The lowest BCUT2D eigenvalue weighted by molar-refractivity contribution is -0.144. The van der Waals surface area contributed by atoms with Gasteiger partial charge in [-0.25, -0.2) is 0 Å². The topological polar surface area (TPSA) is 55.8 Å². The minimum absolute atomic E-state index is 0.0436. The van der Waals surface area contributed by atoms with Crippen LogP contribution >= 0.6 is 0 Å². The number of aliphatic carboxylic acids is 1. The SMILES string of the molecule is CC1(C)CCC(C(=O)O)C(c2ccc3c(c2)OCCO3)C1. The second-order valence-corrected chi connectivity index (χ2v) is 6.86. The van der Waals surface area contributed by atoms with Crippen molar-refractivity contribution in [2.75, 3.05) is 13.2 Å². The minimum atomic E-state index is -0.689. The summed E-state index contributed by atoms with van der Waals surface area (Å²) in [7, 11) is 0. The number of fused-ring (bicyclic) bond motifs is 1. The van der Waals surface area contributed by atoms with Crippen molar-refractivity contribution in [3.63, 3.8) is 0 Å². The van der Waals surface area contributed by atoms with Crippen molar-refractivity contribution < 1.29 is 19.4 Å². The van der Waals surface area contributed by atoms with Crippen LogP contribution in [0.25, 0.3) is 0 Å². The average molecular weight is 290 g/mol. The van der Waals surface area contributed by atoms with Crippen LogP contribution in [0.15, 0.2) is 18.2 Å². The molecule has 4 heteroatoms. The highest BCUT2D eigenvalue weighted by atomic mass is 16.6. The van der Waals surface area contributed by atoms with Crippen molar-refractivity contribution >= 4 is 5.97 Å². The number of hydrogen-bond donors (Lipinski definition) is 1. The molecular weight excluding hydrogens is 268 g/mol. The molecule has 0 radical (unpaired) electrons. The summed E-state index contributed by atoms with van der Waals surface area (Å²) in [4.78, 5) is 11.6. The van der Waals surface area contributed by atoms with Gasteiger partial charge in [-0.05, 0) is 48.3 Å². The molecule has 0 aromatic heterocycles. The fourth-order valence-corrected chi connectivity index (χ4v) is 3.52. The maximum atomic E-state index is 11.6. The molecule has 2 atom stereocenters. The molecule has 2 unspecified atom stereocenters. The molecule has 1 aliphatic heterocycles. The summed E-state index contributed by atoms with van der Waals surface area (Å²) < 4.78 is 11.2. The Hall–Kier alpha value is -1.71. The van der Waals surface area contributed by atoms with Gasteiger partial charge >= 0.3 is 5.97 Å². The largest absolute Gasteiger partial charge is 0.486 e. The maximum absolute atomic E-state index is 11.6. The first-order chi connectivity index (χ1) is 9.96. The van der Waals surface area contributed by atoms with Crippen LogP contribution in [-0.4, -0.2) is 24.3 Å². The summed E-state index contributed by atoms with van der Waals surface area (Å²) in [6.07, 6.45) is 2.59. The summed E-state index contributed by atoms with van der Waals surface area (Å²) in [6.45, 7) is 5.56. The van der Waals surface area contributed by atoms with E-state index in [2.05, 4.69) is 13.8 Å². The Bertz CT molecular complexity index is 550. The molecule has 114 valence electrons. The summed E-state index contributed by atoms with van der Waals surface area (Å²) in [5.74, 6) is 0.547. The van der Waals surface area contributed by atoms with Crippen LogP contribution in [0.4, 0.5) is 0 Å². The Kier molecular flexibility index (Phi) is 3.56. The molecule has 4 nitrogen and oxygen atoms in total. The first-order valence-corrected chi connectivity index (χ1v) is 7.59. The Balaban J connectivity index is 1.93. The number of rotatable bonds is 2. The van der Waals surface area contributed by atoms with Crippen LogP contribution in [0.2, 0.25) is 0 Å². The smallest absolute Gasteiger partial charge is 0.307 e. The highest BCUT2D eigenvalue weighted by Crippen LogP contribution is 2.48. The van der Waals surface area contributed by atoms with Crippen LogP contribution in [0.3, 0.4) is 0 Å². The number of carbonyl (C=O) groups is 1. The van der Waals surface area contributed by atoms with E-state index in [-0.39, 0.29) is 17.3 Å². The third kappa shape index (κ3) is 2.85. The maximum Gasteiger partial charge on any atom is 0.307 e. The van der Waals surface area contributed by atoms with Crippen LogP contribution in [-0.2, 0) is 4.79 Å². The van der Waals surface area contributed by atoms with Crippen LogP contribution < -0.4 is 9.47 Å². The van der Waals surface area contributed by atoms with Gasteiger partial charge < -0.3 is 14.6 Å². The minimum Gasteiger partial charge on any atom is -0.486 e. The molecule has 1 aromatic carbocycles. The van der Waals surface area contributed by atoms with Gasteiger partial charge in [-0.3, -0.25) is 4.79 Å². The predicted octanol–water partition coefficient (Wildman–Crippen LogP) is 3.45. The molecule has 1 N–H and O–H groups in total. The summed E-state index contributed by atoms with van der Waals surface area (Å²) in [5.41, 5.74) is 1.24. The van der Waals surface area contributed by atoms with Gasteiger partial charge in [0.25, 0.3) is 0 Å². The van der Waals surface area contributed by atoms with Gasteiger partial charge in [0.1, 0.15) is 13.2 Å². The molecule has 1 saturated carbocycles. The first kappa shape index (κ1) is 14.2. The number of benzene rings is 1. The predicted molar refractivity (Wildman–Crippen MR) is 78.9 cm³/mol. The van der Waals surface area contributed by atoms with Crippen molar-refractivity contribution in [3.8, 4) is 11.5 Å². The molecular formula is C17H22O4. The van der Waals surface area contributed by atoms with Gasteiger partial charge in [-0.15, -0.1) is 0 Å². The molecule has 0 bridgehead atoms. The third-order valence-electron chi connectivity index (χ3n) is 4.70. The Labute approximate surface area is 125 Å². The number of ether oxygens (including phenoxy) is 2. The molecule has 1 aromatic rings. The highest BCUT2D eigenvalue weighted by Gasteiger charge is 2.39. The number of carboxylic acids is 1. The van der Waals surface area contributed by atoms with E-state index in [0.717, 1.165) is 36.3 Å². The zero-order valence-corrected chi connectivity index (χ0v) is 12.6. The lowest BCUT2D eigenvalue weighted by Gasteiger charge is -2.39. The standard InChI is InChI=1S/C17H22O4/c1-17(2)6-5-12(16(18)19)13(10-17)11-3-4-14-15(9-11)21-8-7-20-14/h3-4,9,12-13H,5-8,10H2,1-2H3,(H,18,19). The zero-order valence-electron chi connectivity index (χ0n) is 12.6.